The lowest BCUT2D eigenvalue weighted by Crippen LogP contribution is -2.37. The number of nitrogens with one attached hydrogen (secondary N) is 1. The Hall–Kier alpha value is -3.73. The van der Waals surface area contributed by atoms with Crippen molar-refractivity contribution in [1.29, 1.82) is 0 Å². The molecule has 0 aliphatic carbocycles. The molecule has 1 heterocycles. The molecule has 31 heavy (non-hydrogen) atoms. The van der Waals surface area contributed by atoms with Gasteiger partial charge in [-0.15, -0.1) is 0 Å². The van der Waals surface area contributed by atoms with Gasteiger partial charge in [0.25, 0.3) is 5.91 Å². The molecule has 1 aliphatic rings. The van der Waals surface area contributed by atoms with E-state index in [0.29, 0.717) is 11.4 Å². The van der Waals surface area contributed by atoms with Crippen LogP contribution in [-0.4, -0.2) is 24.1 Å². The van der Waals surface area contributed by atoms with Crippen LogP contribution in [0.3, 0.4) is 0 Å². The Morgan fingerprint density at radius 2 is 1.61 bits per heavy atom. The summed E-state index contributed by atoms with van der Waals surface area (Å²) in [4.78, 5) is 32.3. The van der Waals surface area contributed by atoms with Crippen molar-refractivity contribution in [3.05, 3.63) is 88.5 Å². The smallest absolute Gasteiger partial charge is 0.278 e. The first kappa shape index (κ1) is 20.5. The van der Waals surface area contributed by atoms with E-state index < -0.39 is 0 Å². The summed E-state index contributed by atoms with van der Waals surface area (Å²) < 4.78 is 0. The third-order valence-corrected chi connectivity index (χ3v) is 5.45. The minimum Gasteiger partial charge on any atom is -0.324 e. The van der Waals surface area contributed by atoms with Crippen LogP contribution in [0.4, 0.5) is 17.1 Å². The van der Waals surface area contributed by atoms with E-state index in [-0.39, 0.29) is 18.4 Å². The van der Waals surface area contributed by atoms with Crippen molar-refractivity contribution in [3.8, 4) is 0 Å². The minimum atomic E-state index is -0.266. The van der Waals surface area contributed by atoms with E-state index in [0.717, 1.165) is 39.2 Å². The lowest BCUT2D eigenvalue weighted by molar-refractivity contribution is -0.118. The maximum absolute atomic E-state index is 13.3. The Bertz CT molecular complexity index is 1230. The van der Waals surface area contributed by atoms with Crippen molar-refractivity contribution in [2.24, 2.45) is 4.99 Å². The van der Waals surface area contributed by atoms with Gasteiger partial charge in [0, 0.05) is 11.3 Å². The second-order valence-corrected chi connectivity index (χ2v) is 8.03. The average molecular weight is 412 g/mol. The predicted octanol–water partition coefficient (Wildman–Crippen LogP) is 5.03. The van der Waals surface area contributed by atoms with Gasteiger partial charge >= 0.3 is 0 Å². The van der Waals surface area contributed by atoms with E-state index in [1.165, 1.54) is 4.90 Å². The summed E-state index contributed by atoms with van der Waals surface area (Å²) in [6.07, 6.45) is 0. The highest BCUT2D eigenvalue weighted by atomic mass is 16.2. The van der Waals surface area contributed by atoms with E-state index in [9.17, 15) is 9.59 Å². The fraction of sp³-hybridized carbons (Fsp3) is 0.192. The van der Waals surface area contributed by atoms with Crippen molar-refractivity contribution in [3.63, 3.8) is 0 Å². The van der Waals surface area contributed by atoms with Crippen molar-refractivity contribution < 1.29 is 9.59 Å². The summed E-state index contributed by atoms with van der Waals surface area (Å²) in [6.45, 7) is 7.86. The fourth-order valence-corrected chi connectivity index (χ4v) is 3.77. The van der Waals surface area contributed by atoms with Gasteiger partial charge in [-0.05, 0) is 62.6 Å². The first-order valence-electron chi connectivity index (χ1n) is 10.3. The highest BCUT2D eigenvalue weighted by Crippen LogP contribution is 2.31. The number of carbonyl (C=O) groups is 2. The average Bonchev–Trinajstić information content (AvgIpc) is 2.99. The monoisotopic (exact) mass is 411 g/mol. The quantitative estimate of drug-likeness (QED) is 0.655. The van der Waals surface area contributed by atoms with Crippen LogP contribution in [0.5, 0.6) is 0 Å². The van der Waals surface area contributed by atoms with Gasteiger partial charge in [-0.25, -0.2) is 4.99 Å². The number of amides is 2. The lowest BCUT2D eigenvalue weighted by atomic mass is 10.1. The summed E-state index contributed by atoms with van der Waals surface area (Å²) in [7, 11) is 0. The number of rotatable bonds is 4. The summed E-state index contributed by atoms with van der Waals surface area (Å²) in [5.74, 6) is -0.513. The first-order chi connectivity index (χ1) is 14.8. The van der Waals surface area contributed by atoms with E-state index in [1.807, 2.05) is 88.4 Å². The molecule has 0 atom stereocenters. The van der Waals surface area contributed by atoms with Crippen LogP contribution in [0.25, 0.3) is 0 Å². The van der Waals surface area contributed by atoms with Crippen molar-refractivity contribution in [2.75, 3.05) is 16.8 Å². The Kier molecular flexibility index (Phi) is 5.42. The number of nitrogens with zero attached hydrogens (tertiary/aromatic N) is 2. The second-order valence-electron chi connectivity index (χ2n) is 8.03. The third kappa shape index (κ3) is 4.12. The van der Waals surface area contributed by atoms with E-state index in [2.05, 4.69) is 5.32 Å². The molecule has 0 spiro atoms. The summed E-state index contributed by atoms with van der Waals surface area (Å²) in [5.41, 5.74) is 7.51. The van der Waals surface area contributed by atoms with Crippen molar-refractivity contribution in [2.45, 2.75) is 27.7 Å². The van der Waals surface area contributed by atoms with E-state index in [4.69, 9.17) is 4.99 Å². The number of carbonyl (C=O) groups excluding carboxylic acids is 2. The molecule has 0 aromatic heterocycles. The standard InChI is InChI=1S/C26H25N3O2/c1-16-10-12-21(19(4)13-16)27-24(30)15-29-23-8-6-5-7-20(23)25(26(29)31)28-22-14-17(2)9-11-18(22)3/h5-14H,15H2,1-4H3,(H,27,30). The van der Waals surface area contributed by atoms with Crippen LogP contribution in [-0.2, 0) is 9.59 Å². The Morgan fingerprint density at radius 1 is 0.903 bits per heavy atom. The fourth-order valence-electron chi connectivity index (χ4n) is 3.77. The molecule has 5 heteroatoms. The summed E-state index contributed by atoms with van der Waals surface area (Å²) in [5, 5.41) is 2.92. The molecule has 2 amide bonds. The lowest BCUT2D eigenvalue weighted by Gasteiger charge is -2.17. The number of para-hydroxylation sites is 1. The molecule has 3 aromatic rings. The number of fused-ring (bicyclic) bond motifs is 1. The van der Waals surface area contributed by atoms with Gasteiger partial charge in [-0.1, -0.05) is 48.0 Å². The van der Waals surface area contributed by atoms with Gasteiger partial charge in [-0.2, -0.15) is 0 Å². The van der Waals surface area contributed by atoms with Gasteiger partial charge < -0.3 is 5.32 Å². The first-order valence-corrected chi connectivity index (χ1v) is 10.3. The molecule has 0 radical (unpaired) electrons. The van der Waals surface area contributed by atoms with Gasteiger partial charge in [0.1, 0.15) is 12.3 Å². The Balaban J connectivity index is 1.63. The molecule has 3 aromatic carbocycles. The van der Waals surface area contributed by atoms with Crippen molar-refractivity contribution >= 4 is 34.6 Å². The van der Waals surface area contributed by atoms with Gasteiger partial charge in [0.05, 0.1) is 11.4 Å². The largest absolute Gasteiger partial charge is 0.324 e. The maximum Gasteiger partial charge on any atom is 0.278 e. The van der Waals surface area contributed by atoms with Gasteiger partial charge in [0.2, 0.25) is 5.91 Å². The molecule has 4 rings (SSSR count). The number of benzene rings is 3. The molecule has 1 aliphatic heterocycles. The van der Waals surface area contributed by atoms with Crippen LogP contribution in [0, 0.1) is 27.7 Å². The molecular weight excluding hydrogens is 386 g/mol. The minimum absolute atomic E-state index is 0.0744. The molecule has 0 fully saturated rings. The Labute approximate surface area is 182 Å². The SMILES string of the molecule is Cc1ccc(NC(=O)CN2C(=O)C(=Nc3cc(C)ccc3C)c3ccccc32)c(C)c1. The Morgan fingerprint density at radius 3 is 2.39 bits per heavy atom. The molecule has 5 nitrogen and oxygen atoms in total. The van der Waals surface area contributed by atoms with E-state index in [1.54, 1.807) is 0 Å². The zero-order valence-corrected chi connectivity index (χ0v) is 18.2. The molecule has 0 saturated heterocycles. The second kappa shape index (κ2) is 8.19. The van der Waals surface area contributed by atoms with Crippen LogP contribution >= 0.6 is 0 Å². The normalized spacial score (nSPS) is 14.1. The molecular formula is C26H25N3O2. The number of hydrogen-bond donors (Lipinski definition) is 1. The number of anilines is 2. The predicted molar refractivity (Wildman–Crippen MR) is 125 cm³/mol. The van der Waals surface area contributed by atoms with Crippen LogP contribution in [0.2, 0.25) is 0 Å². The van der Waals surface area contributed by atoms with Crippen molar-refractivity contribution in [1.82, 2.24) is 0 Å². The molecule has 0 saturated carbocycles. The van der Waals surface area contributed by atoms with Gasteiger partial charge in [0.15, 0.2) is 0 Å². The third-order valence-electron chi connectivity index (χ3n) is 5.45. The zero-order chi connectivity index (χ0) is 22.1. The highest BCUT2D eigenvalue weighted by Gasteiger charge is 2.35. The number of aliphatic imine (C=N–C) groups is 1. The highest BCUT2D eigenvalue weighted by molar-refractivity contribution is 6.55. The van der Waals surface area contributed by atoms with Crippen LogP contribution in [0.15, 0.2) is 65.7 Å². The van der Waals surface area contributed by atoms with Gasteiger partial charge in [-0.3, -0.25) is 14.5 Å². The maximum atomic E-state index is 13.3. The summed E-state index contributed by atoms with van der Waals surface area (Å²) >= 11 is 0. The number of hydrogen-bond acceptors (Lipinski definition) is 3. The molecule has 156 valence electrons. The number of aryl methyl sites for hydroxylation is 4. The van der Waals surface area contributed by atoms with Crippen LogP contribution in [0.1, 0.15) is 27.8 Å². The summed E-state index contributed by atoms with van der Waals surface area (Å²) in [6, 6.07) is 19.3. The topological polar surface area (TPSA) is 61.8 Å². The zero-order valence-electron chi connectivity index (χ0n) is 18.2. The molecule has 0 unspecified atom stereocenters. The molecule has 0 bridgehead atoms. The van der Waals surface area contributed by atoms with Crippen LogP contribution < -0.4 is 10.2 Å². The molecule has 1 N–H and O–H groups in total. The van der Waals surface area contributed by atoms with E-state index >= 15 is 0 Å².